The minimum absolute atomic E-state index is 0.0312. The molecule has 0 saturated heterocycles. The highest BCUT2D eigenvalue weighted by Gasteiger charge is 2.33. The Kier molecular flexibility index (Phi) is 11.1. The van der Waals surface area contributed by atoms with Crippen molar-refractivity contribution >= 4 is 39.1 Å². The lowest BCUT2D eigenvalue weighted by molar-refractivity contribution is -0.139. The topological polar surface area (TPSA) is 86.8 Å². The second-order valence-corrected chi connectivity index (χ2v) is 11.8. The van der Waals surface area contributed by atoms with E-state index < -0.39 is 34.3 Å². The number of anilines is 1. The zero-order chi connectivity index (χ0) is 29.3. The Morgan fingerprint density at radius 1 is 0.950 bits per heavy atom. The van der Waals surface area contributed by atoms with Crippen LogP contribution < -0.4 is 9.62 Å². The highest BCUT2D eigenvalue weighted by Crippen LogP contribution is 2.28. The van der Waals surface area contributed by atoms with E-state index in [1.807, 2.05) is 51.1 Å². The van der Waals surface area contributed by atoms with Crippen LogP contribution in [0.25, 0.3) is 0 Å². The van der Waals surface area contributed by atoms with E-state index in [0.717, 1.165) is 15.9 Å². The van der Waals surface area contributed by atoms with Gasteiger partial charge in [-0.3, -0.25) is 13.9 Å². The first kappa shape index (κ1) is 31.1. The Labute approximate surface area is 241 Å². The Balaban J connectivity index is 2.02. The van der Waals surface area contributed by atoms with E-state index in [1.54, 1.807) is 18.2 Å². The molecule has 10 heteroatoms. The molecule has 7 nitrogen and oxygen atoms in total. The summed E-state index contributed by atoms with van der Waals surface area (Å²) in [6.45, 7) is 5.22. The van der Waals surface area contributed by atoms with Crippen molar-refractivity contribution in [2.45, 2.75) is 57.0 Å². The van der Waals surface area contributed by atoms with Gasteiger partial charge in [0.2, 0.25) is 11.8 Å². The maximum absolute atomic E-state index is 14.0. The number of hydrogen-bond acceptors (Lipinski definition) is 4. The van der Waals surface area contributed by atoms with Crippen molar-refractivity contribution in [3.05, 3.63) is 95.3 Å². The fourth-order valence-electron chi connectivity index (χ4n) is 4.23. The van der Waals surface area contributed by atoms with E-state index in [-0.39, 0.29) is 34.1 Å². The Bertz CT molecular complexity index is 1390. The number of rotatable bonds is 13. The van der Waals surface area contributed by atoms with Gasteiger partial charge in [-0.25, -0.2) is 12.8 Å². The number of amides is 2. The van der Waals surface area contributed by atoms with Gasteiger partial charge in [0.05, 0.1) is 15.6 Å². The van der Waals surface area contributed by atoms with Crippen LogP contribution in [-0.2, 0) is 26.0 Å². The van der Waals surface area contributed by atoms with Crippen molar-refractivity contribution in [2.75, 3.05) is 17.4 Å². The Hall–Kier alpha value is -3.43. The van der Waals surface area contributed by atoms with Crippen LogP contribution in [0.4, 0.5) is 10.1 Å². The average molecular weight is 588 g/mol. The highest BCUT2D eigenvalue weighted by atomic mass is 35.5. The summed E-state index contributed by atoms with van der Waals surface area (Å²) < 4.78 is 42.4. The van der Waals surface area contributed by atoms with Gasteiger partial charge >= 0.3 is 0 Å². The van der Waals surface area contributed by atoms with Crippen LogP contribution in [0.2, 0.25) is 5.02 Å². The van der Waals surface area contributed by atoms with Gasteiger partial charge in [0.1, 0.15) is 18.4 Å². The van der Waals surface area contributed by atoms with E-state index in [2.05, 4.69) is 5.32 Å². The molecule has 214 valence electrons. The van der Waals surface area contributed by atoms with Crippen LogP contribution in [0.1, 0.15) is 39.2 Å². The largest absolute Gasteiger partial charge is 0.352 e. The predicted molar refractivity (Wildman–Crippen MR) is 156 cm³/mol. The normalized spacial score (nSPS) is 12.8. The molecule has 0 radical (unpaired) electrons. The van der Waals surface area contributed by atoms with Gasteiger partial charge in [0.25, 0.3) is 10.0 Å². The summed E-state index contributed by atoms with van der Waals surface area (Å²) in [6.07, 6.45) is 1.51. The molecule has 0 aliphatic carbocycles. The summed E-state index contributed by atoms with van der Waals surface area (Å²) in [6, 6.07) is 19.8. The SMILES string of the molecule is CCC(C)NC(=O)C(CC)N(CCc1ccccc1)C(=O)CN(c1ccc(F)c(Cl)c1)S(=O)(=O)c1ccccc1. The van der Waals surface area contributed by atoms with Crippen LogP contribution in [0, 0.1) is 5.82 Å². The molecule has 0 fully saturated rings. The molecule has 0 spiro atoms. The first-order valence-electron chi connectivity index (χ1n) is 13.2. The number of carbonyl (C=O) groups is 2. The first-order valence-corrected chi connectivity index (χ1v) is 15.1. The molecule has 2 atom stereocenters. The summed E-state index contributed by atoms with van der Waals surface area (Å²) in [5.74, 6) is -1.59. The van der Waals surface area contributed by atoms with Gasteiger partial charge < -0.3 is 10.2 Å². The van der Waals surface area contributed by atoms with Gasteiger partial charge in [-0.1, -0.05) is 74.0 Å². The van der Waals surface area contributed by atoms with Crippen molar-refractivity contribution in [3.63, 3.8) is 0 Å². The van der Waals surface area contributed by atoms with Crippen molar-refractivity contribution in [1.29, 1.82) is 0 Å². The van der Waals surface area contributed by atoms with Gasteiger partial charge in [-0.2, -0.15) is 0 Å². The molecule has 0 aromatic heterocycles. The van der Waals surface area contributed by atoms with E-state index >= 15 is 0 Å². The number of carbonyl (C=O) groups excluding carboxylic acids is 2. The van der Waals surface area contributed by atoms with Crippen molar-refractivity contribution < 1.29 is 22.4 Å². The lowest BCUT2D eigenvalue weighted by Crippen LogP contribution is -2.54. The summed E-state index contributed by atoms with van der Waals surface area (Å²) >= 11 is 6.00. The molecule has 0 aliphatic rings. The van der Waals surface area contributed by atoms with Gasteiger partial charge in [0.15, 0.2) is 0 Å². The Morgan fingerprint density at radius 3 is 2.15 bits per heavy atom. The molecule has 2 unspecified atom stereocenters. The van der Waals surface area contributed by atoms with E-state index in [1.165, 1.54) is 29.2 Å². The third kappa shape index (κ3) is 7.82. The summed E-state index contributed by atoms with van der Waals surface area (Å²) in [7, 11) is -4.25. The third-order valence-electron chi connectivity index (χ3n) is 6.67. The quantitative estimate of drug-likeness (QED) is 0.289. The fourth-order valence-corrected chi connectivity index (χ4v) is 5.83. The van der Waals surface area contributed by atoms with Crippen LogP contribution in [0.15, 0.2) is 83.8 Å². The van der Waals surface area contributed by atoms with Gasteiger partial charge in [0, 0.05) is 12.6 Å². The smallest absolute Gasteiger partial charge is 0.264 e. The molecule has 3 aromatic rings. The Morgan fingerprint density at radius 2 is 1.57 bits per heavy atom. The highest BCUT2D eigenvalue weighted by molar-refractivity contribution is 7.92. The number of benzene rings is 3. The molecular formula is C30H35ClFN3O4S. The molecular weight excluding hydrogens is 553 g/mol. The van der Waals surface area contributed by atoms with Crippen LogP contribution in [0.3, 0.4) is 0 Å². The number of sulfonamides is 1. The zero-order valence-corrected chi connectivity index (χ0v) is 24.5. The molecule has 0 heterocycles. The van der Waals surface area contributed by atoms with Crippen molar-refractivity contribution in [1.82, 2.24) is 10.2 Å². The molecule has 3 rings (SSSR count). The van der Waals surface area contributed by atoms with Gasteiger partial charge in [-0.15, -0.1) is 0 Å². The van der Waals surface area contributed by atoms with Crippen LogP contribution >= 0.6 is 11.6 Å². The van der Waals surface area contributed by atoms with E-state index in [9.17, 15) is 22.4 Å². The molecule has 2 amide bonds. The van der Waals surface area contributed by atoms with E-state index in [0.29, 0.717) is 19.3 Å². The first-order chi connectivity index (χ1) is 19.1. The number of halogens is 2. The predicted octanol–water partition coefficient (Wildman–Crippen LogP) is 5.44. The summed E-state index contributed by atoms with van der Waals surface area (Å²) in [5.41, 5.74) is 1.00. The fraction of sp³-hybridized carbons (Fsp3) is 0.333. The van der Waals surface area contributed by atoms with E-state index in [4.69, 9.17) is 11.6 Å². The zero-order valence-electron chi connectivity index (χ0n) is 22.9. The molecule has 0 aliphatic heterocycles. The van der Waals surface area contributed by atoms with Crippen molar-refractivity contribution in [3.8, 4) is 0 Å². The maximum atomic E-state index is 14.0. The summed E-state index contributed by atoms with van der Waals surface area (Å²) in [5, 5.41) is 2.67. The molecule has 0 saturated carbocycles. The summed E-state index contributed by atoms with van der Waals surface area (Å²) in [4.78, 5) is 28.6. The van der Waals surface area contributed by atoms with Crippen molar-refractivity contribution in [2.24, 2.45) is 0 Å². The third-order valence-corrected chi connectivity index (χ3v) is 8.75. The average Bonchev–Trinajstić information content (AvgIpc) is 2.96. The van der Waals surface area contributed by atoms with Crippen LogP contribution in [0.5, 0.6) is 0 Å². The minimum atomic E-state index is -4.25. The number of hydrogen-bond donors (Lipinski definition) is 1. The second kappa shape index (κ2) is 14.3. The second-order valence-electron chi connectivity index (χ2n) is 9.49. The maximum Gasteiger partial charge on any atom is 0.264 e. The lowest BCUT2D eigenvalue weighted by atomic mass is 10.1. The molecule has 40 heavy (non-hydrogen) atoms. The monoisotopic (exact) mass is 587 g/mol. The molecule has 1 N–H and O–H groups in total. The number of nitrogens with one attached hydrogen (secondary N) is 1. The van der Waals surface area contributed by atoms with Gasteiger partial charge in [-0.05, 0) is 62.1 Å². The molecule has 3 aromatic carbocycles. The lowest BCUT2D eigenvalue weighted by Gasteiger charge is -2.33. The number of nitrogens with zero attached hydrogens (tertiary/aromatic N) is 2. The minimum Gasteiger partial charge on any atom is -0.352 e. The molecule has 0 bridgehead atoms. The van der Waals surface area contributed by atoms with Crippen LogP contribution in [-0.4, -0.2) is 50.3 Å². The standard InChI is InChI=1S/C30H35ClFN3O4S/c1-4-22(3)33-30(37)28(5-2)34(19-18-23-12-8-6-9-13-23)29(36)21-35(24-16-17-27(32)26(31)20-24)40(38,39)25-14-10-7-11-15-25/h6-17,20,22,28H,4-5,18-19,21H2,1-3H3,(H,33,37).